The van der Waals surface area contributed by atoms with Gasteiger partial charge in [-0.2, -0.15) is 0 Å². The Kier molecular flexibility index (Phi) is 3.65. The third-order valence-corrected chi connectivity index (χ3v) is 5.60. The van der Waals surface area contributed by atoms with Crippen LogP contribution in [-0.2, 0) is 0 Å². The first-order chi connectivity index (χ1) is 11.6. The summed E-state index contributed by atoms with van der Waals surface area (Å²) in [7, 11) is 3.61. The van der Waals surface area contributed by atoms with E-state index in [1.54, 1.807) is 7.11 Å². The number of ether oxygens (including phenoxy) is 1. The largest absolute Gasteiger partial charge is 0.496 e. The van der Waals surface area contributed by atoms with E-state index in [0.717, 1.165) is 42.6 Å². The van der Waals surface area contributed by atoms with Gasteiger partial charge in [-0.3, -0.25) is 9.36 Å². The predicted molar refractivity (Wildman–Crippen MR) is 104 cm³/mol. The lowest BCUT2D eigenvalue weighted by Gasteiger charge is -2.13. The van der Waals surface area contributed by atoms with E-state index in [1.165, 1.54) is 0 Å². The van der Waals surface area contributed by atoms with E-state index in [0.29, 0.717) is 0 Å². The first-order valence-corrected chi connectivity index (χ1v) is 8.89. The number of carbonyl (C=O) groups excluding carboxylic acids is 1. The Hall–Kier alpha value is -1.86. The van der Waals surface area contributed by atoms with E-state index in [1.807, 2.05) is 48.0 Å². The standard InChI is InChI=1S/C19H17IN2O2/c1-10(21-2)17-13-8-16(24-3)14(20)9-15(13)22-18(17)11-6-4-5-7-12(11)19(22)23/h4-10,21H,1-3H3. The molecule has 1 atom stereocenters. The number of hydrogen-bond acceptors (Lipinski definition) is 3. The highest BCUT2D eigenvalue weighted by atomic mass is 127. The molecule has 2 heterocycles. The molecule has 2 aromatic carbocycles. The number of methoxy groups -OCH3 is 1. The summed E-state index contributed by atoms with van der Waals surface area (Å²) in [6.07, 6.45) is 0. The zero-order valence-electron chi connectivity index (χ0n) is 13.7. The van der Waals surface area contributed by atoms with Gasteiger partial charge in [-0.25, -0.2) is 0 Å². The van der Waals surface area contributed by atoms with Crippen LogP contribution in [0.15, 0.2) is 36.4 Å². The van der Waals surface area contributed by atoms with E-state index in [4.69, 9.17) is 4.74 Å². The highest BCUT2D eigenvalue weighted by Crippen LogP contribution is 2.45. The van der Waals surface area contributed by atoms with Crippen molar-refractivity contribution in [1.29, 1.82) is 0 Å². The summed E-state index contributed by atoms with van der Waals surface area (Å²) in [5, 5.41) is 4.38. The maximum atomic E-state index is 13.0. The van der Waals surface area contributed by atoms with Crippen molar-refractivity contribution < 1.29 is 9.53 Å². The van der Waals surface area contributed by atoms with Crippen LogP contribution < -0.4 is 10.1 Å². The minimum Gasteiger partial charge on any atom is -0.496 e. The molecule has 1 unspecified atom stereocenters. The second kappa shape index (κ2) is 5.60. The van der Waals surface area contributed by atoms with Crippen LogP contribution in [0, 0.1) is 3.57 Å². The van der Waals surface area contributed by atoms with Gasteiger partial charge in [0.05, 0.1) is 21.9 Å². The van der Waals surface area contributed by atoms with Gasteiger partial charge in [0.2, 0.25) is 0 Å². The van der Waals surface area contributed by atoms with Gasteiger partial charge in [-0.05, 0) is 54.8 Å². The number of fused-ring (bicyclic) bond motifs is 5. The number of nitrogens with one attached hydrogen (secondary N) is 1. The lowest BCUT2D eigenvalue weighted by molar-refractivity contribution is 0.0973. The fourth-order valence-electron chi connectivity index (χ4n) is 3.52. The fraction of sp³-hybridized carbons (Fsp3) is 0.211. The molecule has 24 heavy (non-hydrogen) atoms. The number of aromatic nitrogens is 1. The second-order valence-corrected chi connectivity index (χ2v) is 7.12. The lowest BCUT2D eigenvalue weighted by Crippen LogP contribution is -2.13. The van der Waals surface area contributed by atoms with Crippen molar-refractivity contribution in [2.45, 2.75) is 13.0 Å². The number of nitrogens with zero attached hydrogens (tertiary/aromatic N) is 1. The monoisotopic (exact) mass is 432 g/mol. The molecule has 4 rings (SSSR count). The molecule has 0 saturated carbocycles. The summed E-state index contributed by atoms with van der Waals surface area (Å²) in [6.45, 7) is 2.12. The van der Waals surface area contributed by atoms with E-state index in [9.17, 15) is 4.79 Å². The van der Waals surface area contributed by atoms with Gasteiger partial charge in [0.25, 0.3) is 5.91 Å². The van der Waals surface area contributed by atoms with Crippen molar-refractivity contribution in [1.82, 2.24) is 9.88 Å². The highest BCUT2D eigenvalue weighted by molar-refractivity contribution is 14.1. The number of benzene rings is 2. The molecule has 0 amide bonds. The number of rotatable bonds is 3. The van der Waals surface area contributed by atoms with Gasteiger partial charge in [0.1, 0.15) is 5.75 Å². The van der Waals surface area contributed by atoms with Gasteiger partial charge in [-0.15, -0.1) is 0 Å². The quantitative estimate of drug-likeness (QED) is 0.494. The molecule has 4 nitrogen and oxygen atoms in total. The Labute approximate surface area is 153 Å². The SMILES string of the molecule is CNC(C)c1c2n(c3cc(I)c(OC)cc13)C(=O)c1ccccc1-2. The Morgan fingerprint density at radius 2 is 1.92 bits per heavy atom. The molecule has 122 valence electrons. The van der Waals surface area contributed by atoms with Gasteiger partial charge in [-0.1, -0.05) is 18.2 Å². The van der Waals surface area contributed by atoms with E-state index < -0.39 is 0 Å². The minimum atomic E-state index is 0.0427. The zero-order valence-corrected chi connectivity index (χ0v) is 15.8. The molecular weight excluding hydrogens is 415 g/mol. The molecular formula is C19H17IN2O2. The number of hydrogen-bond donors (Lipinski definition) is 1. The predicted octanol–water partition coefficient (Wildman–Crippen LogP) is 4.20. The maximum absolute atomic E-state index is 13.0. The van der Waals surface area contributed by atoms with Crippen LogP contribution >= 0.6 is 22.6 Å². The molecule has 0 fully saturated rings. The van der Waals surface area contributed by atoms with Crippen LogP contribution in [0.1, 0.15) is 28.9 Å². The highest BCUT2D eigenvalue weighted by Gasteiger charge is 2.33. The van der Waals surface area contributed by atoms with Crippen molar-refractivity contribution in [3.63, 3.8) is 0 Å². The maximum Gasteiger partial charge on any atom is 0.263 e. The van der Waals surface area contributed by atoms with Crippen molar-refractivity contribution in [3.8, 4) is 17.0 Å². The summed E-state index contributed by atoms with van der Waals surface area (Å²) in [6, 6.07) is 12.0. The summed E-state index contributed by atoms with van der Waals surface area (Å²) in [5.74, 6) is 0.874. The molecule has 0 radical (unpaired) electrons. The van der Waals surface area contributed by atoms with Crippen molar-refractivity contribution >= 4 is 39.4 Å². The summed E-state index contributed by atoms with van der Waals surface area (Å²) < 4.78 is 8.34. The van der Waals surface area contributed by atoms with E-state index in [-0.39, 0.29) is 11.9 Å². The van der Waals surface area contributed by atoms with Crippen LogP contribution in [0.3, 0.4) is 0 Å². The lowest BCUT2D eigenvalue weighted by atomic mass is 9.98. The molecule has 3 aromatic rings. The zero-order chi connectivity index (χ0) is 17.0. The number of carbonyl (C=O) groups is 1. The average Bonchev–Trinajstić information content (AvgIpc) is 3.07. The van der Waals surface area contributed by atoms with Crippen LogP contribution in [-0.4, -0.2) is 24.6 Å². The fourth-order valence-corrected chi connectivity index (χ4v) is 4.20. The average molecular weight is 432 g/mol. The van der Waals surface area contributed by atoms with Crippen molar-refractivity contribution in [3.05, 3.63) is 51.1 Å². The van der Waals surface area contributed by atoms with Crippen LogP contribution in [0.2, 0.25) is 0 Å². The third kappa shape index (κ3) is 1.97. The Balaban J connectivity index is 2.17. The smallest absolute Gasteiger partial charge is 0.263 e. The van der Waals surface area contributed by atoms with Crippen LogP contribution in [0.5, 0.6) is 5.75 Å². The van der Waals surface area contributed by atoms with E-state index >= 15 is 0 Å². The third-order valence-electron chi connectivity index (χ3n) is 4.76. The Morgan fingerprint density at radius 1 is 1.21 bits per heavy atom. The summed E-state index contributed by atoms with van der Waals surface area (Å²) in [4.78, 5) is 13.0. The minimum absolute atomic E-state index is 0.0427. The molecule has 0 bridgehead atoms. The Bertz CT molecular complexity index is 991. The summed E-state index contributed by atoms with van der Waals surface area (Å²) in [5.41, 5.74) is 4.85. The molecule has 1 aromatic heterocycles. The normalized spacial score (nSPS) is 13.9. The first-order valence-electron chi connectivity index (χ1n) is 7.81. The molecule has 1 aliphatic rings. The van der Waals surface area contributed by atoms with Crippen molar-refractivity contribution in [2.75, 3.05) is 14.2 Å². The van der Waals surface area contributed by atoms with Gasteiger partial charge < -0.3 is 10.1 Å². The van der Waals surface area contributed by atoms with Gasteiger partial charge >= 0.3 is 0 Å². The van der Waals surface area contributed by atoms with Gasteiger partial charge in [0, 0.05) is 28.1 Å². The van der Waals surface area contributed by atoms with Crippen molar-refractivity contribution in [2.24, 2.45) is 0 Å². The van der Waals surface area contributed by atoms with Crippen LogP contribution in [0.4, 0.5) is 0 Å². The molecule has 0 saturated heterocycles. The molecule has 5 heteroatoms. The molecule has 1 aliphatic heterocycles. The van der Waals surface area contributed by atoms with Gasteiger partial charge in [0.15, 0.2) is 0 Å². The second-order valence-electron chi connectivity index (χ2n) is 5.96. The topological polar surface area (TPSA) is 43.3 Å². The molecule has 0 spiro atoms. The number of halogens is 1. The summed E-state index contributed by atoms with van der Waals surface area (Å²) >= 11 is 2.25. The molecule has 1 N–H and O–H groups in total. The molecule has 0 aliphatic carbocycles. The first kappa shape index (κ1) is 15.7. The van der Waals surface area contributed by atoms with Crippen LogP contribution in [0.25, 0.3) is 22.2 Å². The van der Waals surface area contributed by atoms with E-state index in [2.05, 4.69) is 34.8 Å². The Morgan fingerprint density at radius 3 is 2.58 bits per heavy atom.